The van der Waals surface area contributed by atoms with E-state index in [9.17, 15) is 33.9 Å². The average Bonchev–Trinajstić information content (AvgIpc) is 3.41. The number of carboxylic acids is 1. The number of quaternary nitrogens is 1. The monoisotopic (exact) mass is 610 g/mol. The largest absolute Gasteiger partial charge is 0.478 e. The second kappa shape index (κ2) is 11.3. The van der Waals surface area contributed by atoms with Crippen LogP contribution in [0.1, 0.15) is 59.2 Å². The molecular formula is C31H28N7O7+. The number of aromatic carboxylic acids is 1. The Morgan fingerprint density at radius 3 is 2.36 bits per heavy atom. The van der Waals surface area contributed by atoms with Crippen molar-refractivity contribution in [1.82, 2.24) is 25.2 Å². The molecule has 6 rings (SSSR count). The predicted molar refractivity (Wildman–Crippen MR) is 161 cm³/mol. The van der Waals surface area contributed by atoms with Crippen LogP contribution in [-0.2, 0) is 26.1 Å². The third-order valence-corrected chi connectivity index (χ3v) is 7.93. The van der Waals surface area contributed by atoms with Crippen LogP contribution in [0.3, 0.4) is 0 Å². The maximum Gasteiger partial charge on any atom is 0.335 e. The minimum absolute atomic E-state index is 0.0249. The maximum atomic E-state index is 13.2. The van der Waals surface area contributed by atoms with Gasteiger partial charge in [0.25, 0.3) is 28.2 Å². The number of hydrogen-bond donors (Lipinski definition) is 5. The molecule has 5 aromatic rings. The van der Waals surface area contributed by atoms with Gasteiger partial charge in [-0.15, -0.1) is 0 Å². The fraction of sp³-hybridized carbons (Fsp3) is 0.194. The highest BCUT2D eigenvalue weighted by Crippen LogP contribution is 2.26. The Kier molecular flexibility index (Phi) is 7.34. The maximum absolute atomic E-state index is 13.2. The zero-order valence-electron chi connectivity index (χ0n) is 24.1. The van der Waals surface area contributed by atoms with Gasteiger partial charge in [0.1, 0.15) is 11.4 Å². The summed E-state index contributed by atoms with van der Waals surface area (Å²) in [5.74, 6) is -2.20. The normalized spacial score (nSPS) is 12.7. The standard InChI is InChI=1S/C31H27N7O7/c1-15-8-16(3-5-20(15)31(44)45)12-34-30(43)22-10-21(35-23-11-24(39)36-38(22)23)29(42)33-13-17-2-4-18-6-7-37(14-19(18)9-17)26-25(32)27(40)28(26)41/h2-5,8-11H,6-7,12-14,32H2,1H3,(H,33,42)(H,34,43)(H,36,39)(H,44,45)/p+1. The van der Waals surface area contributed by atoms with E-state index in [-0.39, 0.29) is 41.4 Å². The van der Waals surface area contributed by atoms with Crippen molar-refractivity contribution in [3.63, 3.8) is 0 Å². The highest BCUT2D eigenvalue weighted by molar-refractivity contribution is 5.98. The Morgan fingerprint density at radius 1 is 0.933 bits per heavy atom. The third kappa shape index (κ3) is 5.49. The van der Waals surface area contributed by atoms with Crippen LogP contribution >= 0.6 is 0 Å². The number of carbonyl (C=O) groups excluding carboxylic acids is 2. The lowest BCUT2D eigenvalue weighted by Crippen LogP contribution is -2.57. The number of rotatable bonds is 8. The summed E-state index contributed by atoms with van der Waals surface area (Å²) < 4.78 is 1.19. The number of hydrogen-bond acceptors (Lipinski definition) is 8. The number of aromatic amines is 1. The highest BCUT2D eigenvalue weighted by atomic mass is 16.4. The molecule has 0 saturated carbocycles. The molecule has 0 saturated heterocycles. The fourth-order valence-electron chi connectivity index (χ4n) is 5.57. The summed E-state index contributed by atoms with van der Waals surface area (Å²) in [7, 11) is 0. The van der Waals surface area contributed by atoms with E-state index in [0.29, 0.717) is 36.3 Å². The molecular weight excluding hydrogens is 582 g/mol. The molecule has 2 aromatic heterocycles. The summed E-state index contributed by atoms with van der Waals surface area (Å²) in [4.78, 5) is 79.5. The van der Waals surface area contributed by atoms with Crippen molar-refractivity contribution >= 4 is 34.8 Å². The number of benzene rings is 2. The van der Waals surface area contributed by atoms with E-state index >= 15 is 0 Å². The number of nitrogens with one attached hydrogen (secondary N) is 3. The lowest BCUT2D eigenvalue weighted by atomic mass is 9.96. The van der Waals surface area contributed by atoms with Crippen LogP contribution in [0.2, 0.25) is 0 Å². The summed E-state index contributed by atoms with van der Waals surface area (Å²) in [6.45, 7) is 2.91. The van der Waals surface area contributed by atoms with Gasteiger partial charge in [-0.3, -0.25) is 29.1 Å². The van der Waals surface area contributed by atoms with Gasteiger partial charge < -0.3 is 26.4 Å². The van der Waals surface area contributed by atoms with Crippen LogP contribution in [0.4, 0.5) is 11.4 Å². The van der Waals surface area contributed by atoms with E-state index in [1.165, 1.54) is 22.7 Å². The SMILES string of the molecule is Cc1cc(CNC(=O)c2cc(C(=O)NCc3ccc4c(c3)CN(c3c([NH3+])c(=O)c3=O)CC4)nc3cc(=O)[nH]n23)ccc1C(=O)O. The fourth-order valence-corrected chi connectivity index (χ4v) is 5.57. The first-order valence-electron chi connectivity index (χ1n) is 14.0. The van der Waals surface area contributed by atoms with E-state index in [1.54, 1.807) is 19.1 Å². The van der Waals surface area contributed by atoms with Crippen LogP contribution < -0.4 is 37.7 Å². The minimum atomic E-state index is -1.05. The number of nitrogens with zero attached hydrogens (tertiary/aromatic N) is 3. The van der Waals surface area contributed by atoms with Gasteiger partial charge in [-0.25, -0.2) is 14.3 Å². The number of aromatic nitrogens is 3. The highest BCUT2D eigenvalue weighted by Gasteiger charge is 2.29. The molecule has 0 fully saturated rings. The molecule has 45 heavy (non-hydrogen) atoms. The number of fused-ring (bicyclic) bond motifs is 2. The molecule has 3 heterocycles. The smallest absolute Gasteiger partial charge is 0.335 e. The van der Waals surface area contributed by atoms with Crippen LogP contribution in [-0.4, -0.2) is 44.0 Å². The van der Waals surface area contributed by atoms with E-state index in [2.05, 4.69) is 26.4 Å². The molecule has 0 atom stereocenters. The van der Waals surface area contributed by atoms with Crippen molar-refractivity contribution in [2.75, 3.05) is 11.4 Å². The molecule has 2 amide bonds. The first-order chi connectivity index (χ1) is 21.5. The molecule has 0 spiro atoms. The van der Waals surface area contributed by atoms with Crippen molar-refractivity contribution in [2.24, 2.45) is 0 Å². The lowest BCUT2D eigenvalue weighted by molar-refractivity contribution is -0.256. The van der Waals surface area contributed by atoms with Crippen LogP contribution in [0, 0.1) is 6.92 Å². The molecule has 228 valence electrons. The van der Waals surface area contributed by atoms with Gasteiger partial charge in [-0.1, -0.05) is 30.3 Å². The van der Waals surface area contributed by atoms with Gasteiger partial charge >= 0.3 is 5.97 Å². The zero-order chi connectivity index (χ0) is 32.0. The van der Waals surface area contributed by atoms with E-state index in [1.807, 2.05) is 23.1 Å². The number of H-pyrrole nitrogens is 1. The van der Waals surface area contributed by atoms with Crippen molar-refractivity contribution in [3.05, 3.63) is 124 Å². The molecule has 3 aromatic carbocycles. The summed E-state index contributed by atoms with van der Waals surface area (Å²) in [6, 6.07) is 13.0. The van der Waals surface area contributed by atoms with Crippen LogP contribution in [0.5, 0.6) is 0 Å². The molecule has 14 heteroatoms. The topological polar surface area (TPSA) is 211 Å². The zero-order valence-corrected chi connectivity index (χ0v) is 24.1. The minimum Gasteiger partial charge on any atom is -0.478 e. The molecule has 0 bridgehead atoms. The third-order valence-electron chi connectivity index (χ3n) is 7.93. The predicted octanol–water partition coefficient (Wildman–Crippen LogP) is -0.0787. The van der Waals surface area contributed by atoms with Gasteiger partial charge in [0.15, 0.2) is 11.3 Å². The lowest BCUT2D eigenvalue weighted by Gasteiger charge is -2.31. The quantitative estimate of drug-likeness (QED) is 0.149. The van der Waals surface area contributed by atoms with Gasteiger partial charge in [0, 0.05) is 38.3 Å². The first-order valence-corrected chi connectivity index (χ1v) is 14.0. The Hall–Kier alpha value is -5.89. The molecule has 0 radical (unpaired) electrons. The molecule has 1 aliphatic heterocycles. The van der Waals surface area contributed by atoms with Gasteiger partial charge in [-0.2, -0.15) is 0 Å². The van der Waals surface area contributed by atoms with Gasteiger partial charge in [-0.05, 0) is 47.2 Å². The van der Waals surface area contributed by atoms with Crippen molar-refractivity contribution in [3.8, 4) is 0 Å². The first kappa shape index (κ1) is 29.2. The average molecular weight is 611 g/mol. The molecule has 0 aliphatic carbocycles. The number of carbonyl (C=O) groups is 3. The number of amides is 2. The van der Waals surface area contributed by atoms with E-state index < -0.39 is 34.2 Å². The number of carboxylic acid groups (broad SMARTS) is 1. The number of anilines is 1. The van der Waals surface area contributed by atoms with E-state index in [0.717, 1.165) is 16.7 Å². The van der Waals surface area contributed by atoms with Crippen molar-refractivity contribution in [1.29, 1.82) is 0 Å². The summed E-state index contributed by atoms with van der Waals surface area (Å²) in [6.07, 6.45) is 0.693. The second-order valence-electron chi connectivity index (χ2n) is 10.9. The summed E-state index contributed by atoms with van der Waals surface area (Å²) >= 11 is 0. The Balaban J connectivity index is 1.17. The molecule has 1 aliphatic rings. The Labute approximate surface area is 253 Å². The number of aryl methyl sites for hydroxylation is 1. The van der Waals surface area contributed by atoms with Crippen LogP contribution in [0.15, 0.2) is 62.9 Å². The van der Waals surface area contributed by atoms with E-state index in [4.69, 9.17) is 0 Å². The summed E-state index contributed by atoms with van der Waals surface area (Å²) in [5.41, 5.74) is 6.95. The second-order valence-corrected chi connectivity index (χ2v) is 10.9. The Bertz CT molecular complexity index is 2170. The Morgan fingerprint density at radius 2 is 1.64 bits per heavy atom. The van der Waals surface area contributed by atoms with Crippen LogP contribution in [0.25, 0.3) is 5.65 Å². The molecule has 7 N–H and O–H groups in total. The summed E-state index contributed by atoms with van der Waals surface area (Å²) in [5, 5.41) is 17.3. The van der Waals surface area contributed by atoms with Gasteiger partial charge in [0.2, 0.25) is 5.69 Å². The van der Waals surface area contributed by atoms with Crippen molar-refractivity contribution < 1.29 is 25.2 Å². The van der Waals surface area contributed by atoms with Gasteiger partial charge in [0.05, 0.1) is 5.56 Å². The van der Waals surface area contributed by atoms with Crippen molar-refractivity contribution in [2.45, 2.75) is 33.0 Å². The molecule has 0 unspecified atom stereocenters. The molecule has 14 nitrogen and oxygen atoms in total.